The highest BCUT2D eigenvalue weighted by Crippen LogP contribution is 2.31. The molecule has 3 rings (SSSR count). The molecule has 0 saturated carbocycles. The molecule has 0 saturated heterocycles. The van der Waals surface area contributed by atoms with Crippen molar-refractivity contribution in [2.75, 3.05) is 30.6 Å². The molecule has 0 radical (unpaired) electrons. The Morgan fingerprint density at radius 1 is 1.11 bits per heavy atom. The van der Waals surface area contributed by atoms with Crippen LogP contribution in [0.5, 0.6) is 11.5 Å². The molecule has 28 heavy (non-hydrogen) atoms. The Morgan fingerprint density at radius 2 is 1.89 bits per heavy atom. The van der Waals surface area contributed by atoms with Gasteiger partial charge in [0.15, 0.2) is 15.8 Å². The summed E-state index contributed by atoms with van der Waals surface area (Å²) < 4.78 is 11.2. The number of carbonyl (C=O) groups excluding carboxylic acids is 1. The highest BCUT2D eigenvalue weighted by atomic mass is 32.2. The molecular formula is C19H20N4O3S2. The van der Waals surface area contributed by atoms with E-state index in [4.69, 9.17) is 9.47 Å². The molecule has 0 fully saturated rings. The van der Waals surface area contributed by atoms with Gasteiger partial charge < -0.3 is 20.1 Å². The molecule has 1 aromatic heterocycles. The van der Waals surface area contributed by atoms with E-state index in [9.17, 15) is 4.79 Å². The van der Waals surface area contributed by atoms with E-state index >= 15 is 0 Å². The van der Waals surface area contributed by atoms with Crippen LogP contribution in [-0.4, -0.2) is 36.1 Å². The van der Waals surface area contributed by atoms with Crippen LogP contribution in [0.15, 0.2) is 46.8 Å². The lowest BCUT2D eigenvalue weighted by atomic mass is 10.2. The van der Waals surface area contributed by atoms with Crippen molar-refractivity contribution in [2.45, 2.75) is 11.3 Å². The van der Waals surface area contributed by atoms with Crippen LogP contribution >= 0.6 is 23.1 Å². The first-order valence-electron chi connectivity index (χ1n) is 8.40. The number of nitrogens with zero attached hydrogens (tertiary/aromatic N) is 2. The number of rotatable bonds is 8. The molecule has 1 amide bonds. The van der Waals surface area contributed by atoms with Crippen molar-refractivity contribution in [2.24, 2.45) is 0 Å². The monoisotopic (exact) mass is 416 g/mol. The van der Waals surface area contributed by atoms with Gasteiger partial charge in [0.1, 0.15) is 0 Å². The number of aryl methyl sites for hydroxylation is 1. The number of anilines is 3. The smallest absolute Gasteiger partial charge is 0.234 e. The van der Waals surface area contributed by atoms with E-state index in [0.29, 0.717) is 22.3 Å². The van der Waals surface area contributed by atoms with E-state index in [1.807, 2.05) is 31.2 Å². The molecule has 0 unspecified atom stereocenters. The summed E-state index contributed by atoms with van der Waals surface area (Å²) in [6, 6.07) is 13.2. The van der Waals surface area contributed by atoms with Gasteiger partial charge in [0.25, 0.3) is 0 Å². The second-order valence-electron chi connectivity index (χ2n) is 5.72. The Balaban J connectivity index is 1.54. The summed E-state index contributed by atoms with van der Waals surface area (Å²) in [5.41, 5.74) is 2.75. The first kappa shape index (κ1) is 20.0. The summed E-state index contributed by atoms with van der Waals surface area (Å²) in [4.78, 5) is 12.2. The highest BCUT2D eigenvalue weighted by Gasteiger charge is 2.11. The molecule has 2 aromatic carbocycles. The van der Waals surface area contributed by atoms with E-state index < -0.39 is 0 Å². The summed E-state index contributed by atoms with van der Waals surface area (Å²) in [5, 5.41) is 15.0. The van der Waals surface area contributed by atoms with Gasteiger partial charge in [-0.1, -0.05) is 41.3 Å². The number of aromatic nitrogens is 2. The summed E-state index contributed by atoms with van der Waals surface area (Å²) >= 11 is 2.75. The molecule has 0 atom stereocenters. The molecule has 0 bridgehead atoms. The molecule has 146 valence electrons. The van der Waals surface area contributed by atoms with Crippen molar-refractivity contribution in [3.63, 3.8) is 0 Å². The van der Waals surface area contributed by atoms with E-state index in [2.05, 4.69) is 20.8 Å². The predicted octanol–water partition coefficient (Wildman–Crippen LogP) is 4.34. The van der Waals surface area contributed by atoms with Gasteiger partial charge in [-0.25, -0.2) is 0 Å². The van der Waals surface area contributed by atoms with Gasteiger partial charge in [0.05, 0.1) is 20.0 Å². The SMILES string of the molecule is COc1ccc(NC(=O)CSc2nnc(Nc3ccccc3C)s2)cc1OC. The molecule has 0 aliphatic heterocycles. The van der Waals surface area contributed by atoms with Crippen LogP contribution in [0.1, 0.15) is 5.56 Å². The second kappa shape index (κ2) is 9.43. The van der Waals surface area contributed by atoms with Crippen LogP contribution in [0.4, 0.5) is 16.5 Å². The van der Waals surface area contributed by atoms with Crippen LogP contribution in [0.25, 0.3) is 0 Å². The van der Waals surface area contributed by atoms with Crippen molar-refractivity contribution < 1.29 is 14.3 Å². The Labute approximate surface area is 171 Å². The number of nitrogens with one attached hydrogen (secondary N) is 2. The van der Waals surface area contributed by atoms with Gasteiger partial charge in [-0.3, -0.25) is 4.79 Å². The van der Waals surface area contributed by atoms with E-state index in [0.717, 1.165) is 15.6 Å². The third-order valence-electron chi connectivity index (χ3n) is 3.79. The number of thioether (sulfide) groups is 1. The molecule has 0 spiro atoms. The average molecular weight is 417 g/mol. The summed E-state index contributed by atoms with van der Waals surface area (Å²) in [6.07, 6.45) is 0. The lowest BCUT2D eigenvalue weighted by molar-refractivity contribution is -0.113. The number of benzene rings is 2. The number of ether oxygens (including phenoxy) is 2. The zero-order valence-corrected chi connectivity index (χ0v) is 17.3. The maximum Gasteiger partial charge on any atom is 0.234 e. The number of carbonyl (C=O) groups is 1. The number of hydrogen-bond donors (Lipinski definition) is 2. The lowest BCUT2D eigenvalue weighted by Gasteiger charge is -2.10. The van der Waals surface area contributed by atoms with Gasteiger partial charge in [0.2, 0.25) is 11.0 Å². The summed E-state index contributed by atoms with van der Waals surface area (Å²) in [7, 11) is 3.12. The number of amides is 1. The van der Waals surface area contributed by atoms with Gasteiger partial charge >= 0.3 is 0 Å². The van der Waals surface area contributed by atoms with Gasteiger partial charge in [0, 0.05) is 17.4 Å². The topological polar surface area (TPSA) is 85.4 Å². The average Bonchev–Trinajstić information content (AvgIpc) is 3.15. The van der Waals surface area contributed by atoms with E-state index in [1.165, 1.54) is 23.1 Å². The van der Waals surface area contributed by atoms with E-state index in [1.54, 1.807) is 32.4 Å². The first-order chi connectivity index (χ1) is 13.6. The lowest BCUT2D eigenvalue weighted by Crippen LogP contribution is -2.14. The fourth-order valence-electron chi connectivity index (χ4n) is 2.39. The van der Waals surface area contributed by atoms with Crippen molar-refractivity contribution in [3.8, 4) is 11.5 Å². The molecule has 9 heteroatoms. The Hall–Kier alpha value is -2.78. The zero-order valence-electron chi connectivity index (χ0n) is 15.7. The van der Waals surface area contributed by atoms with Crippen molar-refractivity contribution in [1.82, 2.24) is 10.2 Å². The molecule has 0 aliphatic carbocycles. The normalized spacial score (nSPS) is 10.4. The number of methoxy groups -OCH3 is 2. The molecule has 1 heterocycles. The predicted molar refractivity (Wildman–Crippen MR) is 113 cm³/mol. The molecule has 2 N–H and O–H groups in total. The maximum absolute atomic E-state index is 12.2. The third-order valence-corrected chi connectivity index (χ3v) is 5.76. The minimum atomic E-state index is -0.138. The standard InChI is InChI=1S/C19H20N4O3S2/c1-12-6-4-5-7-14(12)21-18-22-23-19(28-18)27-11-17(24)20-13-8-9-15(25-2)16(10-13)26-3/h4-10H,11H2,1-3H3,(H,20,24)(H,21,22). The molecular weight excluding hydrogens is 396 g/mol. The fraction of sp³-hybridized carbons (Fsp3) is 0.211. The Bertz CT molecular complexity index is 962. The second-order valence-corrected chi connectivity index (χ2v) is 7.92. The molecule has 0 aliphatic rings. The zero-order chi connectivity index (χ0) is 19.9. The summed E-state index contributed by atoms with van der Waals surface area (Å²) in [6.45, 7) is 2.03. The Kier molecular flexibility index (Phi) is 6.72. The first-order valence-corrected chi connectivity index (χ1v) is 10.2. The Morgan fingerprint density at radius 3 is 2.64 bits per heavy atom. The van der Waals surface area contributed by atoms with Gasteiger partial charge in [-0.05, 0) is 30.7 Å². The van der Waals surface area contributed by atoms with Gasteiger partial charge in [-0.15, -0.1) is 10.2 Å². The largest absolute Gasteiger partial charge is 0.493 e. The summed E-state index contributed by atoms with van der Waals surface area (Å²) in [5.74, 6) is 1.26. The fourth-order valence-corrected chi connectivity index (χ4v) is 3.95. The van der Waals surface area contributed by atoms with Gasteiger partial charge in [-0.2, -0.15) is 0 Å². The van der Waals surface area contributed by atoms with Crippen LogP contribution in [-0.2, 0) is 4.79 Å². The third kappa shape index (κ3) is 5.14. The number of para-hydroxylation sites is 1. The minimum Gasteiger partial charge on any atom is -0.493 e. The maximum atomic E-state index is 12.2. The number of hydrogen-bond acceptors (Lipinski definition) is 8. The van der Waals surface area contributed by atoms with Crippen molar-refractivity contribution in [1.29, 1.82) is 0 Å². The quantitative estimate of drug-likeness (QED) is 0.528. The molecule has 3 aromatic rings. The van der Waals surface area contributed by atoms with Crippen LogP contribution in [0, 0.1) is 6.92 Å². The van der Waals surface area contributed by atoms with Crippen LogP contribution in [0.2, 0.25) is 0 Å². The van der Waals surface area contributed by atoms with Crippen molar-refractivity contribution in [3.05, 3.63) is 48.0 Å². The van der Waals surface area contributed by atoms with E-state index in [-0.39, 0.29) is 11.7 Å². The minimum absolute atomic E-state index is 0.138. The molecule has 7 nitrogen and oxygen atoms in total. The van der Waals surface area contributed by atoms with Crippen LogP contribution < -0.4 is 20.1 Å². The highest BCUT2D eigenvalue weighted by molar-refractivity contribution is 8.01. The van der Waals surface area contributed by atoms with Crippen LogP contribution in [0.3, 0.4) is 0 Å². The van der Waals surface area contributed by atoms with Crippen molar-refractivity contribution >= 4 is 45.5 Å².